The lowest BCUT2D eigenvalue weighted by atomic mass is 10.2. The minimum atomic E-state index is -0.449. The molecule has 1 aromatic carbocycles. The second-order valence-corrected chi connectivity index (χ2v) is 6.60. The van der Waals surface area contributed by atoms with Crippen molar-refractivity contribution in [2.24, 2.45) is 0 Å². The smallest absolute Gasteiger partial charge is 0.374 e. The fraction of sp³-hybridized carbons (Fsp3) is 0.500. The van der Waals surface area contributed by atoms with E-state index in [2.05, 4.69) is 35.8 Å². The van der Waals surface area contributed by atoms with Crippen LogP contribution in [0.1, 0.15) is 35.5 Å². The van der Waals surface area contributed by atoms with Crippen molar-refractivity contribution < 1.29 is 18.7 Å². The zero-order valence-electron chi connectivity index (χ0n) is 17.2. The van der Waals surface area contributed by atoms with Crippen LogP contribution in [0.3, 0.4) is 0 Å². The Morgan fingerprint density at radius 1 is 0.964 bits per heavy atom. The van der Waals surface area contributed by atoms with E-state index in [1.807, 2.05) is 24.3 Å². The van der Waals surface area contributed by atoms with Crippen LogP contribution in [0.2, 0.25) is 0 Å². The Hall–Kier alpha value is -2.15. The van der Waals surface area contributed by atoms with E-state index in [-0.39, 0.29) is 5.76 Å². The third-order valence-electron chi connectivity index (χ3n) is 4.76. The second-order valence-electron chi connectivity index (χ2n) is 6.60. The minimum absolute atomic E-state index is 0.267. The molecule has 2 rings (SSSR count). The number of hydrogen-bond acceptors (Lipinski definition) is 6. The molecule has 0 radical (unpaired) electrons. The Bertz CT molecular complexity index is 683. The molecule has 0 saturated carbocycles. The highest BCUT2D eigenvalue weighted by molar-refractivity contribution is 5.87. The van der Waals surface area contributed by atoms with Crippen molar-refractivity contribution in [1.82, 2.24) is 9.80 Å². The van der Waals surface area contributed by atoms with Crippen LogP contribution >= 0.6 is 0 Å². The largest absolute Gasteiger partial charge is 0.463 e. The van der Waals surface area contributed by atoms with E-state index in [1.165, 1.54) is 18.9 Å². The summed E-state index contributed by atoms with van der Waals surface area (Å²) in [5.74, 6) is -0.182. The lowest BCUT2D eigenvalue weighted by molar-refractivity contribution is 0.0559. The molecule has 0 N–H and O–H groups in total. The molecule has 0 fully saturated rings. The monoisotopic (exact) mass is 388 g/mol. The standard InChI is InChI=1S/C22H32N2O4/c1-4-23(5-2)12-15-27-16-13-24(17-19-9-7-6-8-10-19)18-20-11-14-28-21(20)22(25)26-3/h6-11,14H,4-5,12-13,15-18H2,1-3H3. The van der Waals surface area contributed by atoms with Crippen molar-refractivity contribution in [3.05, 3.63) is 59.5 Å². The molecule has 0 aliphatic rings. The van der Waals surface area contributed by atoms with Crippen molar-refractivity contribution in [3.63, 3.8) is 0 Å². The number of nitrogens with zero attached hydrogens (tertiary/aromatic N) is 2. The first kappa shape index (κ1) is 22.1. The number of esters is 1. The zero-order valence-corrected chi connectivity index (χ0v) is 17.2. The van der Waals surface area contributed by atoms with E-state index >= 15 is 0 Å². The highest BCUT2D eigenvalue weighted by atomic mass is 16.5. The van der Waals surface area contributed by atoms with Gasteiger partial charge in [-0.1, -0.05) is 44.2 Å². The van der Waals surface area contributed by atoms with E-state index in [0.717, 1.165) is 44.9 Å². The summed E-state index contributed by atoms with van der Waals surface area (Å²) in [6.07, 6.45) is 1.53. The molecule has 0 atom stereocenters. The zero-order chi connectivity index (χ0) is 20.2. The molecule has 1 aromatic heterocycles. The summed E-state index contributed by atoms with van der Waals surface area (Å²) in [7, 11) is 1.36. The van der Waals surface area contributed by atoms with Crippen LogP contribution in [0.5, 0.6) is 0 Å². The maximum atomic E-state index is 11.9. The molecule has 6 heteroatoms. The Balaban J connectivity index is 1.94. The van der Waals surface area contributed by atoms with Crippen molar-refractivity contribution in [1.29, 1.82) is 0 Å². The van der Waals surface area contributed by atoms with Gasteiger partial charge in [0.1, 0.15) is 0 Å². The van der Waals surface area contributed by atoms with E-state index in [1.54, 1.807) is 0 Å². The fourth-order valence-corrected chi connectivity index (χ4v) is 3.06. The minimum Gasteiger partial charge on any atom is -0.463 e. The van der Waals surface area contributed by atoms with E-state index in [9.17, 15) is 4.79 Å². The molecular weight excluding hydrogens is 356 g/mol. The summed E-state index contributed by atoms with van der Waals surface area (Å²) in [4.78, 5) is 16.5. The molecule has 154 valence electrons. The van der Waals surface area contributed by atoms with E-state index < -0.39 is 5.97 Å². The summed E-state index contributed by atoms with van der Waals surface area (Å²) in [5.41, 5.74) is 2.04. The molecule has 0 spiro atoms. The number of likely N-dealkylation sites (N-methyl/N-ethyl adjacent to an activating group) is 1. The SMILES string of the molecule is CCN(CC)CCOCCN(Cc1ccccc1)Cc1ccoc1C(=O)OC. The van der Waals surface area contributed by atoms with Gasteiger partial charge in [-0.3, -0.25) is 4.90 Å². The average Bonchev–Trinajstić information content (AvgIpc) is 3.19. The van der Waals surface area contributed by atoms with Gasteiger partial charge in [0.2, 0.25) is 5.76 Å². The van der Waals surface area contributed by atoms with Gasteiger partial charge in [0.15, 0.2) is 0 Å². The van der Waals surface area contributed by atoms with E-state index in [4.69, 9.17) is 13.9 Å². The first-order chi connectivity index (χ1) is 13.7. The van der Waals surface area contributed by atoms with Crippen LogP contribution in [0.25, 0.3) is 0 Å². The summed E-state index contributed by atoms with van der Waals surface area (Å²) in [6, 6.07) is 12.1. The molecule has 0 aliphatic carbocycles. The lowest BCUT2D eigenvalue weighted by Gasteiger charge is -2.23. The molecule has 6 nitrogen and oxygen atoms in total. The molecule has 0 saturated heterocycles. The highest BCUT2D eigenvalue weighted by Crippen LogP contribution is 2.16. The molecule has 28 heavy (non-hydrogen) atoms. The van der Waals surface area contributed by atoms with Gasteiger partial charge in [0, 0.05) is 31.7 Å². The molecule has 0 bridgehead atoms. The summed E-state index contributed by atoms with van der Waals surface area (Å²) in [5, 5.41) is 0. The summed E-state index contributed by atoms with van der Waals surface area (Å²) < 4.78 is 16.0. The molecule has 0 aliphatic heterocycles. The second kappa shape index (κ2) is 12.3. The van der Waals surface area contributed by atoms with Crippen molar-refractivity contribution in [2.75, 3.05) is 46.5 Å². The van der Waals surface area contributed by atoms with Crippen LogP contribution in [0.15, 0.2) is 47.1 Å². The first-order valence-electron chi connectivity index (χ1n) is 9.89. The van der Waals surface area contributed by atoms with Gasteiger partial charge in [0.05, 0.1) is 26.6 Å². The summed E-state index contributed by atoms with van der Waals surface area (Å²) in [6.45, 7) is 10.8. The van der Waals surface area contributed by atoms with Crippen molar-refractivity contribution >= 4 is 5.97 Å². The van der Waals surface area contributed by atoms with Crippen LogP contribution < -0.4 is 0 Å². The highest BCUT2D eigenvalue weighted by Gasteiger charge is 2.18. The Labute approximate surface area is 168 Å². The Morgan fingerprint density at radius 3 is 2.29 bits per heavy atom. The maximum absolute atomic E-state index is 11.9. The van der Waals surface area contributed by atoms with Gasteiger partial charge in [-0.15, -0.1) is 0 Å². The normalized spacial score (nSPS) is 11.3. The van der Waals surface area contributed by atoms with Crippen molar-refractivity contribution in [2.45, 2.75) is 26.9 Å². The number of carbonyl (C=O) groups excluding carboxylic acids is 1. The fourth-order valence-electron chi connectivity index (χ4n) is 3.06. The number of furan rings is 1. The van der Waals surface area contributed by atoms with Gasteiger partial charge < -0.3 is 18.8 Å². The topological polar surface area (TPSA) is 55.2 Å². The number of ether oxygens (including phenoxy) is 2. The van der Waals surface area contributed by atoms with Gasteiger partial charge in [-0.2, -0.15) is 0 Å². The number of rotatable bonds is 13. The third-order valence-corrected chi connectivity index (χ3v) is 4.76. The molecular formula is C22H32N2O4. The predicted octanol–water partition coefficient (Wildman–Crippen LogP) is 3.43. The maximum Gasteiger partial charge on any atom is 0.374 e. The van der Waals surface area contributed by atoms with Crippen LogP contribution in [0, 0.1) is 0 Å². The van der Waals surface area contributed by atoms with Crippen LogP contribution in [0.4, 0.5) is 0 Å². The van der Waals surface area contributed by atoms with Crippen molar-refractivity contribution in [3.8, 4) is 0 Å². The third kappa shape index (κ3) is 7.11. The summed E-state index contributed by atoms with van der Waals surface area (Å²) >= 11 is 0. The van der Waals surface area contributed by atoms with Gasteiger partial charge in [-0.25, -0.2) is 4.79 Å². The molecule has 0 amide bonds. The van der Waals surface area contributed by atoms with Crippen LogP contribution in [-0.4, -0.2) is 62.3 Å². The van der Waals surface area contributed by atoms with Gasteiger partial charge >= 0.3 is 5.97 Å². The first-order valence-corrected chi connectivity index (χ1v) is 9.89. The number of methoxy groups -OCH3 is 1. The predicted molar refractivity (Wildman–Crippen MR) is 109 cm³/mol. The Kier molecular flexibility index (Phi) is 9.76. The molecule has 0 unspecified atom stereocenters. The quantitative estimate of drug-likeness (QED) is 0.387. The van der Waals surface area contributed by atoms with Gasteiger partial charge in [0.25, 0.3) is 0 Å². The van der Waals surface area contributed by atoms with Crippen LogP contribution in [-0.2, 0) is 22.6 Å². The molecule has 1 heterocycles. The number of benzene rings is 1. The number of carbonyl (C=O) groups is 1. The van der Waals surface area contributed by atoms with Gasteiger partial charge in [-0.05, 0) is 24.7 Å². The van der Waals surface area contributed by atoms with E-state index in [0.29, 0.717) is 13.2 Å². The molecule has 2 aromatic rings. The number of hydrogen-bond donors (Lipinski definition) is 0. The average molecular weight is 389 g/mol. The lowest BCUT2D eigenvalue weighted by Crippen LogP contribution is -2.30. The Morgan fingerprint density at radius 2 is 1.64 bits per heavy atom.